The van der Waals surface area contributed by atoms with Gasteiger partial charge >= 0.3 is 5.97 Å². The topological polar surface area (TPSA) is 105 Å². The second kappa shape index (κ2) is 9.81. The molecular formula is C29H26F2N6O3. The van der Waals surface area contributed by atoms with Crippen LogP contribution in [0.1, 0.15) is 84.7 Å². The van der Waals surface area contributed by atoms with E-state index >= 15 is 4.39 Å². The summed E-state index contributed by atoms with van der Waals surface area (Å²) in [6, 6.07) is 3.77. The number of carbonyl (C=O) groups excluding carboxylic acids is 1. The van der Waals surface area contributed by atoms with Crippen LogP contribution in [0, 0.1) is 11.6 Å². The second-order valence-corrected chi connectivity index (χ2v) is 10.4. The number of ether oxygens (including phenoxy) is 2. The van der Waals surface area contributed by atoms with E-state index in [2.05, 4.69) is 10.1 Å². The molecule has 0 radical (unpaired) electrons. The third-order valence-corrected chi connectivity index (χ3v) is 7.36. The van der Waals surface area contributed by atoms with Crippen LogP contribution >= 0.6 is 0 Å². The summed E-state index contributed by atoms with van der Waals surface area (Å²) in [5.41, 5.74) is 2.96. The van der Waals surface area contributed by atoms with Crippen molar-refractivity contribution in [3.8, 4) is 11.3 Å². The van der Waals surface area contributed by atoms with Crippen molar-refractivity contribution in [2.75, 3.05) is 13.2 Å². The zero-order valence-corrected chi connectivity index (χ0v) is 21.8. The molecule has 40 heavy (non-hydrogen) atoms. The molecule has 0 amide bonds. The van der Waals surface area contributed by atoms with Crippen molar-refractivity contribution in [3.63, 3.8) is 0 Å². The van der Waals surface area contributed by atoms with E-state index in [1.54, 1.807) is 13.1 Å². The van der Waals surface area contributed by atoms with Gasteiger partial charge in [0.2, 0.25) is 0 Å². The monoisotopic (exact) mass is 544 g/mol. The highest BCUT2D eigenvalue weighted by Gasteiger charge is 2.33. The van der Waals surface area contributed by atoms with Gasteiger partial charge in [-0.15, -0.1) is 0 Å². The van der Waals surface area contributed by atoms with E-state index < -0.39 is 17.6 Å². The number of halogens is 2. The van der Waals surface area contributed by atoms with E-state index in [0.717, 1.165) is 42.9 Å². The van der Waals surface area contributed by atoms with Gasteiger partial charge in [0.1, 0.15) is 28.9 Å². The van der Waals surface area contributed by atoms with E-state index in [1.165, 1.54) is 12.1 Å². The number of carbonyl (C=O) groups is 1. The number of aromatic nitrogens is 6. The Morgan fingerprint density at radius 1 is 1.12 bits per heavy atom. The SMILES string of the molecule is CCOC(=O)c1nc2nc(C3=C[C@H](c4cnn(C5CC5)c4)OCC3)nc(-c3ccc(F)cc3F)c2nc1C1CC1. The van der Waals surface area contributed by atoms with Crippen LogP contribution in [0.25, 0.3) is 28.0 Å². The lowest BCUT2D eigenvalue weighted by Gasteiger charge is -2.21. The summed E-state index contributed by atoms with van der Waals surface area (Å²) < 4.78 is 42.2. The van der Waals surface area contributed by atoms with Crippen molar-refractivity contribution in [1.29, 1.82) is 0 Å². The molecule has 4 heterocycles. The van der Waals surface area contributed by atoms with Gasteiger partial charge in [0, 0.05) is 29.3 Å². The van der Waals surface area contributed by atoms with Crippen LogP contribution in [0.2, 0.25) is 0 Å². The fourth-order valence-electron chi connectivity index (χ4n) is 4.99. The number of benzene rings is 1. The first-order valence-electron chi connectivity index (χ1n) is 13.6. The minimum absolute atomic E-state index is 0.0532. The molecule has 2 aliphatic carbocycles. The molecule has 2 saturated carbocycles. The summed E-state index contributed by atoms with van der Waals surface area (Å²) in [6.07, 6.45) is 9.87. The van der Waals surface area contributed by atoms with Gasteiger partial charge < -0.3 is 9.47 Å². The summed E-state index contributed by atoms with van der Waals surface area (Å²) in [7, 11) is 0. The van der Waals surface area contributed by atoms with Crippen molar-refractivity contribution in [2.45, 2.75) is 57.1 Å². The van der Waals surface area contributed by atoms with E-state index in [-0.39, 0.29) is 46.7 Å². The quantitative estimate of drug-likeness (QED) is 0.281. The average molecular weight is 545 g/mol. The standard InChI is InChI=1S/C29H26F2N6O3/c1-2-39-29(38)26-23(15-3-4-15)33-25-24(20-8-5-18(30)12-21(20)31)34-27(36-28(25)35-26)16-9-10-40-22(11-16)17-13-32-37(14-17)19-6-7-19/h5,8,11-15,19,22H,2-4,6-7,9-10H2,1H3/t22-/m1/s1. The predicted molar refractivity (Wildman–Crippen MR) is 140 cm³/mol. The number of hydrogen-bond donors (Lipinski definition) is 0. The van der Waals surface area contributed by atoms with Gasteiger partial charge in [0.25, 0.3) is 0 Å². The molecule has 0 spiro atoms. The number of fused-ring (bicyclic) bond motifs is 1. The van der Waals surface area contributed by atoms with E-state index in [0.29, 0.717) is 30.6 Å². The van der Waals surface area contributed by atoms with Crippen LogP contribution in [-0.4, -0.2) is 48.9 Å². The van der Waals surface area contributed by atoms with Gasteiger partial charge in [-0.1, -0.05) is 0 Å². The molecule has 2 fully saturated rings. The molecule has 0 N–H and O–H groups in total. The highest BCUT2D eigenvalue weighted by atomic mass is 19.1. The lowest BCUT2D eigenvalue weighted by Crippen LogP contribution is -2.15. The maximum Gasteiger partial charge on any atom is 0.358 e. The van der Waals surface area contributed by atoms with Gasteiger partial charge in [-0.05, 0) is 62.8 Å². The van der Waals surface area contributed by atoms with E-state index in [9.17, 15) is 9.18 Å². The molecule has 0 bridgehead atoms. The fourth-order valence-corrected chi connectivity index (χ4v) is 4.99. The van der Waals surface area contributed by atoms with Crippen molar-refractivity contribution >= 4 is 22.7 Å². The summed E-state index contributed by atoms with van der Waals surface area (Å²) in [6.45, 7) is 2.34. The summed E-state index contributed by atoms with van der Waals surface area (Å²) in [5.74, 6) is -1.68. The average Bonchev–Trinajstić information content (AvgIpc) is 3.91. The normalized spacial score (nSPS) is 19.1. The predicted octanol–water partition coefficient (Wildman–Crippen LogP) is 5.50. The molecule has 11 heteroatoms. The highest BCUT2D eigenvalue weighted by molar-refractivity contribution is 5.94. The molecule has 204 valence electrons. The van der Waals surface area contributed by atoms with E-state index in [4.69, 9.17) is 24.4 Å². The third kappa shape index (κ3) is 4.64. The van der Waals surface area contributed by atoms with Crippen LogP contribution in [-0.2, 0) is 9.47 Å². The molecule has 1 aliphatic heterocycles. The Morgan fingerprint density at radius 3 is 2.73 bits per heavy atom. The van der Waals surface area contributed by atoms with Crippen molar-refractivity contribution < 1.29 is 23.0 Å². The maximum absolute atomic E-state index is 15.1. The van der Waals surface area contributed by atoms with Crippen LogP contribution in [0.5, 0.6) is 0 Å². The highest BCUT2D eigenvalue weighted by Crippen LogP contribution is 2.42. The molecule has 1 atom stereocenters. The summed E-state index contributed by atoms with van der Waals surface area (Å²) in [5, 5.41) is 4.47. The van der Waals surface area contributed by atoms with Crippen molar-refractivity contribution in [2.24, 2.45) is 0 Å². The van der Waals surface area contributed by atoms with Gasteiger partial charge in [-0.2, -0.15) is 5.10 Å². The number of nitrogens with zero attached hydrogens (tertiary/aromatic N) is 6. The molecule has 3 aromatic heterocycles. The van der Waals surface area contributed by atoms with Gasteiger partial charge in [0.05, 0.1) is 31.1 Å². The smallest absolute Gasteiger partial charge is 0.358 e. The zero-order chi connectivity index (χ0) is 27.4. The Hall–Kier alpha value is -4.12. The first-order valence-corrected chi connectivity index (χ1v) is 13.6. The summed E-state index contributed by atoms with van der Waals surface area (Å²) in [4.78, 5) is 31.6. The molecule has 3 aliphatic rings. The number of hydrogen-bond acceptors (Lipinski definition) is 8. The first-order chi connectivity index (χ1) is 19.5. The summed E-state index contributed by atoms with van der Waals surface area (Å²) >= 11 is 0. The Labute approximate surface area is 228 Å². The van der Waals surface area contributed by atoms with Crippen LogP contribution in [0.15, 0.2) is 36.7 Å². The maximum atomic E-state index is 15.1. The van der Waals surface area contributed by atoms with Crippen molar-refractivity contribution in [1.82, 2.24) is 29.7 Å². The van der Waals surface area contributed by atoms with E-state index in [1.807, 2.05) is 17.0 Å². The Morgan fingerprint density at radius 2 is 1.98 bits per heavy atom. The zero-order valence-electron chi connectivity index (χ0n) is 21.8. The van der Waals surface area contributed by atoms with Gasteiger partial charge in [-0.3, -0.25) is 4.68 Å². The molecule has 7 rings (SSSR count). The fraction of sp³-hybridized carbons (Fsp3) is 0.379. The van der Waals surface area contributed by atoms with Gasteiger partial charge in [-0.25, -0.2) is 33.5 Å². The van der Waals surface area contributed by atoms with Crippen LogP contribution in [0.4, 0.5) is 8.78 Å². The number of esters is 1. The molecular weight excluding hydrogens is 518 g/mol. The van der Waals surface area contributed by atoms with Crippen LogP contribution < -0.4 is 0 Å². The minimum Gasteiger partial charge on any atom is -0.461 e. The molecule has 9 nitrogen and oxygen atoms in total. The Bertz CT molecular complexity index is 1680. The van der Waals surface area contributed by atoms with Gasteiger partial charge in [0.15, 0.2) is 17.2 Å². The lowest BCUT2D eigenvalue weighted by atomic mass is 10.0. The minimum atomic E-state index is -0.776. The van der Waals surface area contributed by atoms with Crippen molar-refractivity contribution in [3.05, 3.63) is 71.1 Å². The largest absolute Gasteiger partial charge is 0.461 e. The third-order valence-electron chi connectivity index (χ3n) is 7.36. The first kappa shape index (κ1) is 24.9. The Balaban J connectivity index is 1.39. The molecule has 0 saturated heterocycles. The molecule has 4 aromatic rings. The molecule has 1 aromatic carbocycles. The second-order valence-electron chi connectivity index (χ2n) is 10.4. The Kier molecular flexibility index (Phi) is 6.10. The van der Waals surface area contributed by atoms with Crippen LogP contribution in [0.3, 0.4) is 0 Å². The number of rotatable bonds is 7. The molecule has 0 unspecified atom stereocenters. The lowest BCUT2D eigenvalue weighted by molar-refractivity contribution is 0.0517.